The van der Waals surface area contributed by atoms with Crippen LogP contribution in [-0.2, 0) is 4.79 Å². The van der Waals surface area contributed by atoms with Gasteiger partial charge in [0.05, 0.1) is 0 Å². The first-order chi connectivity index (χ1) is 8.04. The number of carboxylic acids is 1. The summed E-state index contributed by atoms with van der Waals surface area (Å²) >= 11 is 4.60. The zero-order valence-electron chi connectivity index (χ0n) is 9.10. The Morgan fingerprint density at radius 2 is 2.29 bits per heavy atom. The summed E-state index contributed by atoms with van der Waals surface area (Å²) in [6.07, 6.45) is 2.26. The predicted molar refractivity (Wildman–Crippen MR) is 68.3 cm³/mol. The van der Waals surface area contributed by atoms with Gasteiger partial charge in [-0.25, -0.2) is 4.79 Å². The maximum absolute atomic E-state index is 11.6. The van der Waals surface area contributed by atoms with E-state index in [0.29, 0.717) is 16.8 Å². The fraction of sp³-hybridized carbons (Fsp3) is 0.400. The molecule has 1 atom stereocenters. The Hall–Kier alpha value is -0.950. The summed E-state index contributed by atoms with van der Waals surface area (Å²) < 4.78 is 5.47. The SMILES string of the molecule is CSCC[C@H](NC(=O)c1ccc(Br)o1)C(=O)O. The van der Waals surface area contributed by atoms with Gasteiger partial charge in [0.1, 0.15) is 6.04 Å². The van der Waals surface area contributed by atoms with E-state index in [1.54, 1.807) is 6.07 Å². The molecule has 0 aliphatic heterocycles. The highest BCUT2D eigenvalue weighted by Gasteiger charge is 2.21. The summed E-state index contributed by atoms with van der Waals surface area (Å²) in [5.74, 6) is -0.812. The quantitative estimate of drug-likeness (QED) is 0.837. The topological polar surface area (TPSA) is 79.5 Å². The molecule has 7 heteroatoms. The van der Waals surface area contributed by atoms with Gasteiger partial charge in [-0.2, -0.15) is 11.8 Å². The zero-order valence-corrected chi connectivity index (χ0v) is 11.5. The number of hydrogen-bond donors (Lipinski definition) is 2. The van der Waals surface area contributed by atoms with Crippen LogP contribution < -0.4 is 5.32 Å². The van der Waals surface area contributed by atoms with Crippen LogP contribution in [0.1, 0.15) is 17.0 Å². The second-order valence-electron chi connectivity index (χ2n) is 3.25. The van der Waals surface area contributed by atoms with Crippen LogP contribution in [0.5, 0.6) is 0 Å². The number of halogens is 1. The van der Waals surface area contributed by atoms with Gasteiger partial charge in [0.25, 0.3) is 5.91 Å². The molecule has 1 amide bonds. The van der Waals surface area contributed by atoms with E-state index in [2.05, 4.69) is 21.2 Å². The highest BCUT2D eigenvalue weighted by Crippen LogP contribution is 2.14. The Labute approximate surface area is 111 Å². The largest absolute Gasteiger partial charge is 0.480 e. The second-order valence-corrected chi connectivity index (χ2v) is 5.02. The molecule has 17 heavy (non-hydrogen) atoms. The average molecular weight is 322 g/mol. The normalized spacial score (nSPS) is 12.1. The number of rotatable bonds is 6. The van der Waals surface area contributed by atoms with Crippen molar-refractivity contribution in [3.63, 3.8) is 0 Å². The average Bonchev–Trinajstić information content (AvgIpc) is 2.70. The number of amides is 1. The van der Waals surface area contributed by atoms with Crippen molar-refractivity contribution >= 4 is 39.6 Å². The molecule has 0 radical (unpaired) electrons. The third-order valence-corrected chi connectivity index (χ3v) is 3.08. The number of thioether (sulfide) groups is 1. The van der Waals surface area contributed by atoms with E-state index < -0.39 is 17.9 Å². The number of carboxylic acid groups (broad SMARTS) is 1. The third-order valence-electron chi connectivity index (χ3n) is 2.01. The fourth-order valence-corrected chi connectivity index (χ4v) is 1.94. The van der Waals surface area contributed by atoms with Crippen molar-refractivity contribution in [3.8, 4) is 0 Å². The highest BCUT2D eigenvalue weighted by molar-refractivity contribution is 9.10. The van der Waals surface area contributed by atoms with Crippen LogP contribution in [0.15, 0.2) is 21.2 Å². The Balaban J connectivity index is 2.60. The molecule has 5 nitrogen and oxygen atoms in total. The van der Waals surface area contributed by atoms with Gasteiger partial charge in [0, 0.05) is 0 Å². The van der Waals surface area contributed by atoms with Crippen LogP contribution in [0.4, 0.5) is 0 Å². The minimum absolute atomic E-state index is 0.0901. The maximum Gasteiger partial charge on any atom is 0.326 e. The van der Waals surface area contributed by atoms with Gasteiger partial charge in [-0.3, -0.25) is 4.79 Å². The molecule has 1 aromatic heterocycles. The number of furan rings is 1. The van der Waals surface area contributed by atoms with E-state index in [1.807, 2.05) is 6.26 Å². The van der Waals surface area contributed by atoms with E-state index in [0.717, 1.165) is 0 Å². The summed E-state index contributed by atoms with van der Waals surface area (Å²) in [7, 11) is 0. The maximum atomic E-state index is 11.6. The van der Waals surface area contributed by atoms with E-state index in [-0.39, 0.29) is 5.76 Å². The molecule has 0 aromatic carbocycles. The number of carbonyl (C=O) groups excluding carboxylic acids is 1. The summed E-state index contributed by atoms with van der Waals surface area (Å²) in [5.41, 5.74) is 0. The lowest BCUT2D eigenvalue weighted by atomic mass is 10.2. The minimum Gasteiger partial charge on any atom is -0.480 e. The highest BCUT2D eigenvalue weighted by atomic mass is 79.9. The molecule has 0 spiro atoms. The van der Waals surface area contributed by atoms with Crippen molar-refractivity contribution < 1.29 is 19.1 Å². The molecule has 0 bridgehead atoms. The van der Waals surface area contributed by atoms with Crippen LogP contribution in [0, 0.1) is 0 Å². The lowest BCUT2D eigenvalue weighted by Gasteiger charge is -2.12. The Morgan fingerprint density at radius 1 is 1.59 bits per heavy atom. The molecule has 0 aliphatic rings. The Morgan fingerprint density at radius 3 is 2.76 bits per heavy atom. The summed E-state index contributed by atoms with van der Waals surface area (Å²) in [6, 6.07) is 2.17. The van der Waals surface area contributed by atoms with Crippen LogP contribution >= 0.6 is 27.7 Å². The van der Waals surface area contributed by atoms with Gasteiger partial charge < -0.3 is 14.8 Å². The number of nitrogens with one attached hydrogen (secondary N) is 1. The molecule has 1 rings (SSSR count). The standard InChI is InChI=1S/C10H12BrNO4S/c1-17-5-4-6(10(14)15)12-9(13)7-2-3-8(11)16-7/h2-3,6H,4-5H2,1H3,(H,12,13)(H,14,15)/t6-/m0/s1. The molecule has 0 unspecified atom stereocenters. The monoisotopic (exact) mass is 321 g/mol. The smallest absolute Gasteiger partial charge is 0.326 e. The summed E-state index contributed by atoms with van der Waals surface area (Å²) in [4.78, 5) is 22.6. The van der Waals surface area contributed by atoms with Gasteiger partial charge in [0.2, 0.25) is 0 Å². The van der Waals surface area contributed by atoms with Crippen LogP contribution in [0.2, 0.25) is 0 Å². The Bertz CT molecular complexity index is 407. The van der Waals surface area contributed by atoms with Crippen molar-refractivity contribution in [1.29, 1.82) is 0 Å². The molecule has 1 aromatic rings. The second kappa shape index (κ2) is 6.70. The van der Waals surface area contributed by atoms with Crippen LogP contribution in [-0.4, -0.2) is 35.0 Å². The summed E-state index contributed by atoms with van der Waals surface area (Å²) in [5, 5.41) is 11.4. The predicted octanol–water partition coefficient (Wildman–Crippen LogP) is 1.98. The van der Waals surface area contributed by atoms with Crippen molar-refractivity contribution in [1.82, 2.24) is 5.32 Å². The molecule has 0 saturated heterocycles. The van der Waals surface area contributed by atoms with Crippen molar-refractivity contribution in [3.05, 3.63) is 22.6 Å². The lowest BCUT2D eigenvalue weighted by Crippen LogP contribution is -2.41. The molecule has 0 fully saturated rings. The van der Waals surface area contributed by atoms with Gasteiger partial charge in [0.15, 0.2) is 10.4 Å². The molecular formula is C10H12BrNO4S. The number of carbonyl (C=O) groups is 2. The first-order valence-electron chi connectivity index (χ1n) is 4.82. The third kappa shape index (κ3) is 4.43. The molecule has 2 N–H and O–H groups in total. The van der Waals surface area contributed by atoms with Gasteiger partial charge in [-0.05, 0) is 46.5 Å². The van der Waals surface area contributed by atoms with Crippen molar-refractivity contribution in [2.45, 2.75) is 12.5 Å². The lowest BCUT2D eigenvalue weighted by molar-refractivity contribution is -0.139. The van der Waals surface area contributed by atoms with Crippen molar-refractivity contribution in [2.24, 2.45) is 0 Å². The molecular weight excluding hydrogens is 310 g/mol. The van der Waals surface area contributed by atoms with E-state index in [4.69, 9.17) is 9.52 Å². The first kappa shape index (κ1) is 14.1. The number of aliphatic carboxylic acids is 1. The summed E-state index contributed by atoms with van der Waals surface area (Å²) in [6.45, 7) is 0. The van der Waals surface area contributed by atoms with E-state index in [1.165, 1.54) is 17.8 Å². The number of hydrogen-bond acceptors (Lipinski definition) is 4. The Kier molecular flexibility index (Phi) is 5.57. The van der Waals surface area contributed by atoms with Crippen LogP contribution in [0.25, 0.3) is 0 Å². The van der Waals surface area contributed by atoms with Crippen molar-refractivity contribution in [2.75, 3.05) is 12.0 Å². The van der Waals surface area contributed by atoms with Gasteiger partial charge >= 0.3 is 5.97 Å². The van der Waals surface area contributed by atoms with Gasteiger partial charge in [-0.1, -0.05) is 0 Å². The van der Waals surface area contributed by atoms with E-state index >= 15 is 0 Å². The zero-order chi connectivity index (χ0) is 12.8. The fourth-order valence-electron chi connectivity index (χ4n) is 1.16. The first-order valence-corrected chi connectivity index (χ1v) is 7.01. The molecule has 0 aliphatic carbocycles. The van der Waals surface area contributed by atoms with Gasteiger partial charge in [-0.15, -0.1) is 0 Å². The van der Waals surface area contributed by atoms with E-state index in [9.17, 15) is 9.59 Å². The molecule has 0 saturated carbocycles. The van der Waals surface area contributed by atoms with Crippen LogP contribution in [0.3, 0.4) is 0 Å². The molecule has 1 heterocycles. The minimum atomic E-state index is -1.04. The molecule has 94 valence electrons.